The van der Waals surface area contributed by atoms with Gasteiger partial charge in [0.25, 0.3) is 5.91 Å². The Labute approximate surface area is 173 Å². The summed E-state index contributed by atoms with van der Waals surface area (Å²) in [6, 6.07) is 10.4. The van der Waals surface area contributed by atoms with E-state index in [0.29, 0.717) is 11.4 Å². The number of carbonyl (C=O) groups is 2. The van der Waals surface area contributed by atoms with E-state index in [1.54, 1.807) is 0 Å². The van der Waals surface area contributed by atoms with Crippen molar-refractivity contribution < 1.29 is 14.3 Å². The number of hydrogen-bond donors (Lipinski definition) is 1. The molecule has 0 radical (unpaired) electrons. The van der Waals surface area contributed by atoms with Crippen molar-refractivity contribution in [1.29, 1.82) is 0 Å². The summed E-state index contributed by atoms with van der Waals surface area (Å²) in [5.41, 5.74) is 3.25. The molecular weight excluding hydrogens is 386 g/mol. The van der Waals surface area contributed by atoms with Crippen molar-refractivity contribution in [3.05, 3.63) is 52.0 Å². The summed E-state index contributed by atoms with van der Waals surface area (Å²) in [4.78, 5) is 25.9. The fraction of sp³-hybridized carbons (Fsp3) is 0.409. The molecule has 0 bridgehead atoms. The number of benzene rings is 1. The van der Waals surface area contributed by atoms with E-state index in [1.807, 2.05) is 17.7 Å². The normalized spacial score (nSPS) is 14.4. The van der Waals surface area contributed by atoms with Gasteiger partial charge in [0, 0.05) is 11.4 Å². The van der Waals surface area contributed by atoms with Crippen LogP contribution in [0.4, 0.5) is 0 Å². The number of ether oxygens (including phenoxy) is 1. The summed E-state index contributed by atoms with van der Waals surface area (Å²) in [6.45, 7) is 4.40. The standard InChI is InChI=1S/C22H25N3O3S/c1-14-7-9-16(10-8-14)12-25-21-18(15(2)24-25)11-19(29-21)22(27)28-13-20(26)23-17-5-3-4-6-17/h7-11,17H,3-6,12-13H2,1-2H3,(H,23,26). The predicted octanol–water partition coefficient (Wildman–Crippen LogP) is 3.98. The molecule has 1 fully saturated rings. The summed E-state index contributed by atoms with van der Waals surface area (Å²) >= 11 is 1.35. The van der Waals surface area contributed by atoms with Crippen molar-refractivity contribution in [3.8, 4) is 0 Å². The zero-order valence-electron chi connectivity index (χ0n) is 16.7. The van der Waals surface area contributed by atoms with Crippen molar-refractivity contribution in [1.82, 2.24) is 15.1 Å². The number of nitrogens with zero attached hydrogens (tertiary/aromatic N) is 2. The number of aromatic nitrogens is 2. The van der Waals surface area contributed by atoms with E-state index in [0.717, 1.165) is 47.2 Å². The molecule has 1 aromatic carbocycles. The monoisotopic (exact) mass is 411 g/mol. The molecule has 1 saturated carbocycles. The van der Waals surface area contributed by atoms with Crippen molar-refractivity contribution in [2.45, 2.75) is 52.1 Å². The quantitative estimate of drug-likeness (QED) is 0.623. The van der Waals surface area contributed by atoms with E-state index in [4.69, 9.17) is 4.74 Å². The van der Waals surface area contributed by atoms with Crippen molar-refractivity contribution in [3.63, 3.8) is 0 Å². The van der Waals surface area contributed by atoms with Gasteiger partial charge in [0.2, 0.25) is 0 Å². The first-order valence-corrected chi connectivity index (χ1v) is 10.8. The zero-order valence-corrected chi connectivity index (χ0v) is 17.6. The molecule has 152 valence electrons. The lowest BCUT2D eigenvalue weighted by Gasteiger charge is -2.11. The zero-order chi connectivity index (χ0) is 20.4. The van der Waals surface area contributed by atoms with E-state index in [-0.39, 0.29) is 18.6 Å². The second-order valence-electron chi connectivity index (χ2n) is 7.68. The number of aryl methyl sites for hydroxylation is 2. The molecule has 2 heterocycles. The Morgan fingerprint density at radius 1 is 1.21 bits per heavy atom. The van der Waals surface area contributed by atoms with Crippen LogP contribution in [0.3, 0.4) is 0 Å². The van der Waals surface area contributed by atoms with Gasteiger partial charge in [-0.2, -0.15) is 5.10 Å². The van der Waals surface area contributed by atoms with Crippen LogP contribution in [0.2, 0.25) is 0 Å². The minimum Gasteiger partial charge on any atom is -0.451 e. The van der Waals surface area contributed by atoms with Crippen molar-refractivity contribution >= 4 is 33.4 Å². The lowest BCUT2D eigenvalue weighted by atomic mass is 10.1. The van der Waals surface area contributed by atoms with Crippen LogP contribution >= 0.6 is 11.3 Å². The molecule has 1 aliphatic carbocycles. The molecule has 0 atom stereocenters. The first-order chi connectivity index (χ1) is 14.0. The minimum atomic E-state index is -0.464. The maximum atomic E-state index is 12.5. The van der Waals surface area contributed by atoms with Crippen LogP contribution in [-0.4, -0.2) is 34.3 Å². The van der Waals surface area contributed by atoms with Gasteiger partial charge < -0.3 is 10.1 Å². The minimum absolute atomic E-state index is 0.223. The van der Waals surface area contributed by atoms with Gasteiger partial charge in [-0.25, -0.2) is 4.79 Å². The highest BCUT2D eigenvalue weighted by Gasteiger charge is 2.20. The Morgan fingerprint density at radius 3 is 2.66 bits per heavy atom. The third-order valence-corrected chi connectivity index (χ3v) is 6.44. The fourth-order valence-corrected chi connectivity index (χ4v) is 4.78. The summed E-state index contributed by atoms with van der Waals surface area (Å²) in [7, 11) is 0. The molecule has 29 heavy (non-hydrogen) atoms. The molecule has 0 saturated heterocycles. The van der Waals surface area contributed by atoms with Gasteiger partial charge in [-0.3, -0.25) is 9.48 Å². The third kappa shape index (κ3) is 4.50. The molecule has 1 amide bonds. The van der Waals surface area contributed by atoms with Crippen LogP contribution in [0.1, 0.15) is 52.2 Å². The lowest BCUT2D eigenvalue weighted by molar-refractivity contribution is -0.124. The van der Waals surface area contributed by atoms with Crippen LogP contribution < -0.4 is 5.32 Å². The second-order valence-corrected chi connectivity index (χ2v) is 8.71. The van der Waals surface area contributed by atoms with Crippen molar-refractivity contribution in [2.75, 3.05) is 6.61 Å². The highest BCUT2D eigenvalue weighted by Crippen LogP contribution is 2.29. The van der Waals surface area contributed by atoms with Gasteiger partial charge in [0.1, 0.15) is 9.71 Å². The van der Waals surface area contributed by atoms with E-state index in [1.165, 1.54) is 16.9 Å². The molecule has 2 aromatic heterocycles. The number of rotatable bonds is 6. The summed E-state index contributed by atoms with van der Waals surface area (Å²) in [6.07, 6.45) is 4.30. The Hall–Kier alpha value is -2.67. The topological polar surface area (TPSA) is 73.2 Å². The Balaban J connectivity index is 1.43. The van der Waals surface area contributed by atoms with Crippen LogP contribution in [-0.2, 0) is 16.1 Å². The van der Waals surface area contributed by atoms with Crippen LogP contribution in [0, 0.1) is 13.8 Å². The van der Waals surface area contributed by atoms with Gasteiger partial charge in [-0.05, 0) is 38.3 Å². The molecule has 1 aliphatic rings. The molecule has 0 spiro atoms. The maximum absolute atomic E-state index is 12.5. The third-order valence-electron chi connectivity index (χ3n) is 5.32. The summed E-state index contributed by atoms with van der Waals surface area (Å²) in [5.74, 6) is -0.692. The average Bonchev–Trinajstić information content (AvgIpc) is 3.41. The first kappa shape index (κ1) is 19.6. The number of esters is 1. The van der Waals surface area contributed by atoms with E-state index in [2.05, 4.69) is 41.6 Å². The van der Waals surface area contributed by atoms with Crippen molar-refractivity contribution in [2.24, 2.45) is 0 Å². The number of thiophene rings is 1. The highest BCUT2D eigenvalue weighted by molar-refractivity contribution is 7.20. The summed E-state index contributed by atoms with van der Waals surface area (Å²) < 4.78 is 7.16. The summed E-state index contributed by atoms with van der Waals surface area (Å²) in [5, 5.41) is 8.49. The van der Waals surface area contributed by atoms with Gasteiger partial charge in [-0.1, -0.05) is 42.7 Å². The molecule has 3 aromatic rings. The maximum Gasteiger partial charge on any atom is 0.348 e. The lowest BCUT2D eigenvalue weighted by Crippen LogP contribution is -2.35. The number of carbonyl (C=O) groups excluding carboxylic acids is 2. The Bertz CT molecular complexity index is 1030. The largest absolute Gasteiger partial charge is 0.451 e. The van der Waals surface area contributed by atoms with E-state index < -0.39 is 5.97 Å². The SMILES string of the molecule is Cc1ccc(Cn2nc(C)c3cc(C(=O)OCC(=O)NC4CCCC4)sc32)cc1. The van der Waals surface area contributed by atoms with Crippen LogP contribution in [0.15, 0.2) is 30.3 Å². The van der Waals surface area contributed by atoms with E-state index >= 15 is 0 Å². The number of fused-ring (bicyclic) bond motifs is 1. The fourth-order valence-electron chi connectivity index (χ4n) is 3.73. The number of amides is 1. The molecule has 7 heteroatoms. The number of nitrogens with one attached hydrogen (secondary N) is 1. The second kappa shape index (κ2) is 8.37. The van der Waals surface area contributed by atoms with Crippen LogP contribution in [0.25, 0.3) is 10.2 Å². The molecule has 6 nitrogen and oxygen atoms in total. The Kier molecular flexibility index (Phi) is 5.67. The average molecular weight is 412 g/mol. The predicted molar refractivity (Wildman–Crippen MR) is 113 cm³/mol. The highest BCUT2D eigenvalue weighted by atomic mass is 32.1. The van der Waals surface area contributed by atoms with Crippen LogP contribution in [0.5, 0.6) is 0 Å². The van der Waals surface area contributed by atoms with E-state index in [9.17, 15) is 9.59 Å². The molecule has 0 aliphatic heterocycles. The smallest absolute Gasteiger partial charge is 0.348 e. The van der Waals surface area contributed by atoms with Gasteiger partial charge in [-0.15, -0.1) is 11.3 Å². The molecule has 4 rings (SSSR count). The Morgan fingerprint density at radius 2 is 1.93 bits per heavy atom. The van der Waals surface area contributed by atoms with Gasteiger partial charge in [0.05, 0.1) is 12.2 Å². The molecule has 0 unspecified atom stereocenters. The number of hydrogen-bond acceptors (Lipinski definition) is 5. The molecule has 1 N–H and O–H groups in total. The van der Waals surface area contributed by atoms with Gasteiger partial charge in [0.15, 0.2) is 6.61 Å². The van der Waals surface area contributed by atoms with Gasteiger partial charge >= 0.3 is 5.97 Å². The first-order valence-electron chi connectivity index (χ1n) is 9.98. The molecular formula is C22H25N3O3S.